The zero-order valence-electron chi connectivity index (χ0n) is 11.2. The Morgan fingerprint density at radius 1 is 1.35 bits per heavy atom. The summed E-state index contributed by atoms with van der Waals surface area (Å²) in [4.78, 5) is 14.8. The summed E-state index contributed by atoms with van der Waals surface area (Å²) in [6.45, 7) is 3.56. The molecule has 104 valence electrons. The number of aryl methyl sites for hydroxylation is 1. The quantitative estimate of drug-likeness (QED) is 0.897. The van der Waals surface area contributed by atoms with Crippen LogP contribution in [-0.2, 0) is 0 Å². The number of nitrogens with one attached hydrogen (secondary N) is 1. The lowest BCUT2D eigenvalue weighted by Crippen LogP contribution is -2.10. The number of carbonyl (C=O) groups is 1. The molecule has 0 saturated carbocycles. The van der Waals surface area contributed by atoms with Crippen molar-refractivity contribution in [2.75, 3.05) is 5.32 Å². The number of halogens is 1. The number of hydrogen-bond donors (Lipinski definition) is 2. The van der Waals surface area contributed by atoms with E-state index >= 15 is 0 Å². The molecule has 2 aromatic rings. The van der Waals surface area contributed by atoms with Gasteiger partial charge in [-0.3, -0.25) is 0 Å². The van der Waals surface area contributed by atoms with Gasteiger partial charge in [-0.15, -0.1) is 0 Å². The summed E-state index contributed by atoms with van der Waals surface area (Å²) < 4.78 is 13.5. The zero-order chi connectivity index (χ0) is 14.7. The summed E-state index contributed by atoms with van der Waals surface area (Å²) in [7, 11) is 0. The monoisotopic (exact) mass is 274 g/mol. The van der Waals surface area contributed by atoms with Gasteiger partial charge in [0, 0.05) is 0 Å². The van der Waals surface area contributed by atoms with Crippen molar-refractivity contribution in [2.24, 2.45) is 0 Å². The van der Waals surface area contributed by atoms with E-state index in [1.807, 2.05) is 13.0 Å². The minimum atomic E-state index is -1.08. The molecule has 1 unspecified atom stereocenters. The summed E-state index contributed by atoms with van der Waals surface area (Å²) in [6.07, 6.45) is 0. The van der Waals surface area contributed by atoms with E-state index in [9.17, 15) is 9.18 Å². The Bertz CT molecular complexity index is 644. The largest absolute Gasteiger partial charge is 0.477 e. The van der Waals surface area contributed by atoms with Crippen LogP contribution in [0.25, 0.3) is 0 Å². The number of carboxylic acid groups (broad SMARTS) is 1. The van der Waals surface area contributed by atoms with E-state index in [-0.39, 0.29) is 17.6 Å². The van der Waals surface area contributed by atoms with E-state index in [2.05, 4.69) is 10.3 Å². The molecule has 1 aromatic heterocycles. The lowest BCUT2D eigenvalue weighted by Gasteiger charge is -2.15. The van der Waals surface area contributed by atoms with Gasteiger partial charge in [0.1, 0.15) is 11.6 Å². The fourth-order valence-electron chi connectivity index (χ4n) is 1.82. The van der Waals surface area contributed by atoms with Crippen molar-refractivity contribution in [1.82, 2.24) is 4.98 Å². The van der Waals surface area contributed by atoms with E-state index in [0.717, 1.165) is 5.56 Å². The van der Waals surface area contributed by atoms with E-state index in [1.54, 1.807) is 25.1 Å². The number of nitrogens with zero attached hydrogens (tertiary/aromatic N) is 1. The molecule has 2 rings (SSSR count). The molecular formula is C15H15FN2O2. The van der Waals surface area contributed by atoms with Crippen molar-refractivity contribution < 1.29 is 14.3 Å². The maximum absolute atomic E-state index is 13.5. The van der Waals surface area contributed by atoms with Crippen molar-refractivity contribution in [2.45, 2.75) is 19.9 Å². The SMILES string of the molecule is Cc1ccc(C(C)Nc2cccc(C(=O)O)n2)cc1F. The van der Waals surface area contributed by atoms with E-state index in [0.29, 0.717) is 11.4 Å². The Balaban J connectivity index is 2.18. The first-order valence-electron chi connectivity index (χ1n) is 6.20. The summed E-state index contributed by atoms with van der Waals surface area (Å²) >= 11 is 0. The molecule has 5 heteroatoms. The highest BCUT2D eigenvalue weighted by Gasteiger charge is 2.10. The van der Waals surface area contributed by atoms with Crippen molar-refractivity contribution >= 4 is 11.8 Å². The van der Waals surface area contributed by atoms with E-state index in [1.165, 1.54) is 12.1 Å². The smallest absolute Gasteiger partial charge is 0.354 e. The van der Waals surface area contributed by atoms with Crippen molar-refractivity contribution in [3.63, 3.8) is 0 Å². The van der Waals surface area contributed by atoms with Gasteiger partial charge in [0.2, 0.25) is 0 Å². The minimum absolute atomic E-state index is 0.0303. The predicted octanol–water partition coefficient (Wildman–Crippen LogP) is 3.40. The van der Waals surface area contributed by atoms with Crippen molar-refractivity contribution in [3.8, 4) is 0 Å². The van der Waals surface area contributed by atoms with Crippen LogP contribution in [0.4, 0.5) is 10.2 Å². The molecule has 1 aromatic carbocycles. The van der Waals surface area contributed by atoms with Gasteiger partial charge in [-0.2, -0.15) is 0 Å². The molecule has 0 spiro atoms. The molecule has 0 aliphatic heterocycles. The van der Waals surface area contributed by atoms with Gasteiger partial charge in [-0.25, -0.2) is 14.2 Å². The van der Waals surface area contributed by atoms with Gasteiger partial charge >= 0.3 is 5.97 Å². The Labute approximate surface area is 116 Å². The summed E-state index contributed by atoms with van der Waals surface area (Å²) in [5.74, 6) is -0.899. The van der Waals surface area contributed by atoms with Gasteiger partial charge in [0.15, 0.2) is 5.69 Å². The van der Waals surface area contributed by atoms with Crippen LogP contribution in [0.5, 0.6) is 0 Å². The first kappa shape index (κ1) is 14.0. The van der Waals surface area contributed by atoms with Gasteiger partial charge in [0.05, 0.1) is 6.04 Å². The molecular weight excluding hydrogens is 259 g/mol. The van der Waals surface area contributed by atoms with Crippen LogP contribution in [0.2, 0.25) is 0 Å². The van der Waals surface area contributed by atoms with Crippen LogP contribution in [-0.4, -0.2) is 16.1 Å². The molecule has 0 radical (unpaired) electrons. The standard InChI is InChI=1S/C15H15FN2O2/c1-9-6-7-11(8-12(9)16)10(2)17-14-5-3-4-13(18-14)15(19)20/h3-8,10H,1-2H3,(H,17,18)(H,19,20). The molecule has 4 nitrogen and oxygen atoms in total. The first-order chi connectivity index (χ1) is 9.47. The Morgan fingerprint density at radius 2 is 2.10 bits per heavy atom. The van der Waals surface area contributed by atoms with Gasteiger partial charge in [0.25, 0.3) is 0 Å². The molecule has 0 aliphatic carbocycles. The summed E-state index contributed by atoms with van der Waals surface area (Å²) in [5.41, 5.74) is 1.33. The topological polar surface area (TPSA) is 62.2 Å². The molecule has 0 amide bonds. The van der Waals surface area contributed by atoms with Crippen LogP contribution in [0.15, 0.2) is 36.4 Å². The number of rotatable bonds is 4. The third-order valence-corrected chi connectivity index (χ3v) is 3.03. The second-order valence-electron chi connectivity index (χ2n) is 4.59. The Kier molecular flexibility index (Phi) is 3.98. The molecule has 2 N–H and O–H groups in total. The highest BCUT2D eigenvalue weighted by molar-refractivity contribution is 5.85. The second kappa shape index (κ2) is 5.69. The number of anilines is 1. The number of benzene rings is 1. The molecule has 0 fully saturated rings. The Hall–Kier alpha value is -2.43. The van der Waals surface area contributed by atoms with Crippen molar-refractivity contribution in [3.05, 3.63) is 59.0 Å². The van der Waals surface area contributed by atoms with Crippen LogP contribution in [0.3, 0.4) is 0 Å². The Morgan fingerprint density at radius 3 is 2.75 bits per heavy atom. The van der Waals surface area contributed by atoms with E-state index in [4.69, 9.17) is 5.11 Å². The van der Waals surface area contributed by atoms with E-state index < -0.39 is 5.97 Å². The fraction of sp³-hybridized carbons (Fsp3) is 0.200. The molecule has 1 atom stereocenters. The number of pyridine rings is 1. The number of aromatic carboxylic acids is 1. The maximum Gasteiger partial charge on any atom is 0.354 e. The lowest BCUT2D eigenvalue weighted by atomic mass is 10.1. The minimum Gasteiger partial charge on any atom is -0.477 e. The summed E-state index contributed by atoms with van der Waals surface area (Å²) in [5, 5.41) is 11.9. The van der Waals surface area contributed by atoms with Crippen LogP contribution < -0.4 is 5.32 Å². The van der Waals surface area contributed by atoms with Gasteiger partial charge < -0.3 is 10.4 Å². The molecule has 20 heavy (non-hydrogen) atoms. The van der Waals surface area contributed by atoms with Crippen LogP contribution in [0.1, 0.15) is 34.6 Å². The number of aromatic nitrogens is 1. The van der Waals surface area contributed by atoms with Crippen molar-refractivity contribution in [1.29, 1.82) is 0 Å². The average molecular weight is 274 g/mol. The number of hydrogen-bond acceptors (Lipinski definition) is 3. The molecule has 0 bridgehead atoms. The molecule has 0 aliphatic rings. The average Bonchev–Trinajstić information content (AvgIpc) is 2.42. The third kappa shape index (κ3) is 3.12. The molecule has 1 heterocycles. The second-order valence-corrected chi connectivity index (χ2v) is 4.59. The van der Waals surface area contributed by atoms with Crippen LogP contribution in [0, 0.1) is 12.7 Å². The third-order valence-electron chi connectivity index (χ3n) is 3.03. The fourth-order valence-corrected chi connectivity index (χ4v) is 1.82. The summed E-state index contributed by atoms with van der Waals surface area (Å²) in [6, 6.07) is 9.54. The molecule has 0 saturated heterocycles. The van der Waals surface area contributed by atoms with Crippen LogP contribution >= 0.6 is 0 Å². The normalized spacial score (nSPS) is 11.9. The highest BCUT2D eigenvalue weighted by atomic mass is 19.1. The van der Waals surface area contributed by atoms with Gasteiger partial charge in [-0.05, 0) is 43.2 Å². The highest BCUT2D eigenvalue weighted by Crippen LogP contribution is 2.20. The lowest BCUT2D eigenvalue weighted by molar-refractivity contribution is 0.0690. The number of carboxylic acids is 1. The maximum atomic E-state index is 13.5. The predicted molar refractivity (Wildman–Crippen MR) is 74.4 cm³/mol. The first-order valence-corrected chi connectivity index (χ1v) is 6.20. The zero-order valence-corrected chi connectivity index (χ0v) is 11.2. The van der Waals surface area contributed by atoms with Gasteiger partial charge in [-0.1, -0.05) is 18.2 Å².